The molecule has 24 heavy (non-hydrogen) atoms. The number of aromatic nitrogens is 2. The second-order valence-corrected chi connectivity index (χ2v) is 6.02. The zero-order chi connectivity index (χ0) is 17.1. The number of imidazole rings is 1. The van der Waals surface area contributed by atoms with E-state index in [1.807, 2.05) is 40.3 Å². The molecule has 3 rings (SSSR count). The molecule has 1 heterocycles. The fourth-order valence-electron chi connectivity index (χ4n) is 2.79. The quantitative estimate of drug-likeness (QED) is 0.721. The number of para-hydroxylation sites is 2. The second kappa shape index (κ2) is 7.11. The topological polar surface area (TPSA) is 63.2 Å². The lowest BCUT2D eigenvalue weighted by Gasteiger charge is -2.13. The average Bonchev–Trinajstić information content (AvgIpc) is 2.86. The highest BCUT2D eigenvalue weighted by atomic mass is 35.5. The maximum atomic E-state index is 10.3. The molecule has 0 aliphatic rings. The summed E-state index contributed by atoms with van der Waals surface area (Å²) in [4.78, 5) is 0. The molecule has 2 N–H and O–H groups in total. The van der Waals surface area contributed by atoms with Crippen LogP contribution in [0.25, 0.3) is 11.0 Å². The first kappa shape index (κ1) is 16.6. The summed E-state index contributed by atoms with van der Waals surface area (Å²) in [5, 5.41) is 19.3. The molecule has 0 saturated carbocycles. The van der Waals surface area contributed by atoms with E-state index in [1.165, 1.54) is 0 Å². The van der Waals surface area contributed by atoms with E-state index in [1.54, 1.807) is 24.3 Å². The number of nitrogens with zero attached hydrogens (tertiary/aromatic N) is 2. The Balaban J connectivity index is 1.76. The van der Waals surface area contributed by atoms with Gasteiger partial charge in [-0.3, -0.25) is 5.41 Å². The molecule has 5 nitrogen and oxygen atoms in total. The number of hydrogen-bond acceptors (Lipinski definition) is 3. The van der Waals surface area contributed by atoms with Crippen molar-refractivity contribution in [2.45, 2.75) is 26.1 Å². The Morgan fingerprint density at radius 2 is 1.71 bits per heavy atom. The number of aliphatic hydroxyl groups is 1. The van der Waals surface area contributed by atoms with Gasteiger partial charge in [0, 0.05) is 11.6 Å². The summed E-state index contributed by atoms with van der Waals surface area (Å²) in [6.07, 6.45) is -0.717. The summed E-state index contributed by atoms with van der Waals surface area (Å²) in [5.74, 6) is 0.658. The maximum absolute atomic E-state index is 10.3. The fraction of sp³-hybridized carbons (Fsp3) is 0.278. The van der Waals surface area contributed by atoms with Crippen molar-refractivity contribution in [1.29, 1.82) is 5.41 Å². The van der Waals surface area contributed by atoms with Crippen LogP contribution >= 0.6 is 11.6 Å². The lowest BCUT2D eigenvalue weighted by atomic mass is 10.3. The van der Waals surface area contributed by atoms with Crippen molar-refractivity contribution in [3.63, 3.8) is 0 Å². The maximum Gasteiger partial charge on any atom is 0.203 e. The van der Waals surface area contributed by atoms with E-state index in [9.17, 15) is 5.11 Å². The van der Waals surface area contributed by atoms with Gasteiger partial charge in [0.25, 0.3) is 0 Å². The molecule has 3 aromatic rings. The molecule has 1 aromatic heterocycles. The van der Waals surface area contributed by atoms with Gasteiger partial charge in [0.15, 0.2) is 0 Å². The van der Waals surface area contributed by atoms with Gasteiger partial charge in [-0.2, -0.15) is 0 Å². The smallest absolute Gasteiger partial charge is 0.203 e. The number of benzene rings is 2. The highest BCUT2D eigenvalue weighted by Gasteiger charge is 2.13. The number of hydrogen-bond donors (Lipinski definition) is 2. The Morgan fingerprint density at radius 1 is 1.08 bits per heavy atom. The summed E-state index contributed by atoms with van der Waals surface area (Å²) in [7, 11) is 0. The van der Waals surface area contributed by atoms with Crippen LogP contribution in [0.3, 0.4) is 0 Å². The van der Waals surface area contributed by atoms with Gasteiger partial charge in [0.05, 0.1) is 17.6 Å². The molecule has 0 spiro atoms. The fourth-order valence-corrected chi connectivity index (χ4v) is 2.91. The molecule has 0 radical (unpaired) electrons. The van der Waals surface area contributed by atoms with Crippen LogP contribution in [0.4, 0.5) is 0 Å². The third kappa shape index (κ3) is 3.32. The molecule has 0 amide bonds. The first-order chi connectivity index (χ1) is 11.6. The zero-order valence-corrected chi connectivity index (χ0v) is 14.2. The second-order valence-electron chi connectivity index (χ2n) is 5.59. The predicted octanol–water partition coefficient (Wildman–Crippen LogP) is 3.04. The normalized spacial score (nSPS) is 12.5. The first-order valence-corrected chi connectivity index (χ1v) is 8.27. The van der Waals surface area contributed by atoms with Crippen LogP contribution in [0.15, 0.2) is 48.5 Å². The molecule has 126 valence electrons. The number of rotatable bonds is 6. The first-order valence-electron chi connectivity index (χ1n) is 7.89. The monoisotopic (exact) mass is 345 g/mol. The molecule has 0 fully saturated rings. The molecule has 0 unspecified atom stereocenters. The Labute approximate surface area is 145 Å². The Morgan fingerprint density at radius 3 is 2.33 bits per heavy atom. The van der Waals surface area contributed by atoms with E-state index >= 15 is 0 Å². The van der Waals surface area contributed by atoms with Crippen molar-refractivity contribution in [3.05, 3.63) is 59.2 Å². The van der Waals surface area contributed by atoms with Crippen LogP contribution in [0, 0.1) is 5.41 Å². The van der Waals surface area contributed by atoms with Gasteiger partial charge in [0.1, 0.15) is 18.5 Å². The van der Waals surface area contributed by atoms with E-state index in [2.05, 4.69) is 0 Å². The SMILES string of the molecule is CCn1c(=N)n(C[C@H](O)COc2ccc(Cl)cc2)c2ccccc21. The minimum atomic E-state index is -0.717. The van der Waals surface area contributed by atoms with Crippen molar-refractivity contribution < 1.29 is 9.84 Å². The van der Waals surface area contributed by atoms with E-state index in [0.29, 0.717) is 29.5 Å². The van der Waals surface area contributed by atoms with Gasteiger partial charge < -0.3 is 19.0 Å². The number of halogens is 1. The number of aliphatic hydroxyl groups excluding tert-OH is 1. The van der Waals surface area contributed by atoms with E-state index < -0.39 is 6.10 Å². The highest BCUT2D eigenvalue weighted by Crippen LogP contribution is 2.16. The molecular formula is C18H20ClN3O2. The molecular weight excluding hydrogens is 326 g/mol. The number of nitrogens with one attached hydrogen (secondary N) is 1. The van der Waals surface area contributed by atoms with Gasteiger partial charge in [0.2, 0.25) is 5.62 Å². The van der Waals surface area contributed by atoms with Gasteiger partial charge >= 0.3 is 0 Å². The molecule has 0 bridgehead atoms. The average molecular weight is 346 g/mol. The number of ether oxygens (including phenoxy) is 1. The van der Waals surface area contributed by atoms with Gasteiger partial charge in [-0.05, 0) is 43.3 Å². The predicted molar refractivity (Wildman–Crippen MR) is 94.4 cm³/mol. The van der Waals surface area contributed by atoms with Crippen LogP contribution in [0.1, 0.15) is 6.92 Å². The molecule has 2 aromatic carbocycles. The van der Waals surface area contributed by atoms with Gasteiger partial charge in [-0.25, -0.2) is 0 Å². The van der Waals surface area contributed by atoms with E-state index in [0.717, 1.165) is 11.0 Å². The standard InChI is InChI=1S/C18H20ClN3O2/c1-2-21-16-5-3-4-6-17(16)22(18(21)20)11-14(23)12-24-15-9-7-13(19)8-10-15/h3-10,14,20,23H,2,11-12H2,1H3/t14-/m0/s1. The van der Waals surface area contributed by atoms with Crippen LogP contribution in [0.2, 0.25) is 5.02 Å². The van der Waals surface area contributed by atoms with Crippen molar-refractivity contribution in [3.8, 4) is 5.75 Å². The third-order valence-corrected chi connectivity index (χ3v) is 4.19. The summed E-state index contributed by atoms with van der Waals surface area (Å²) >= 11 is 5.84. The van der Waals surface area contributed by atoms with Crippen LogP contribution < -0.4 is 10.4 Å². The molecule has 0 saturated heterocycles. The molecule has 0 aliphatic heterocycles. The molecule has 0 aliphatic carbocycles. The lowest BCUT2D eigenvalue weighted by Crippen LogP contribution is -2.31. The van der Waals surface area contributed by atoms with Gasteiger partial charge in [-0.15, -0.1) is 0 Å². The van der Waals surface area contributed by atoms with E-state index in [4.69, 9.17) is 21.7 Å². The van der Waals surface area contributed by atoms with Gasteiger partial charge in [-0.1, -0.05) is 23.7 Å². The molecule has 1 atom stereocenters. The minimum Gasteiger partial charge on any atom is -0.491 e. The Bertz CT molecular complexity index is 883. The summed E-state index contributed by atoms with van der Waals surface area (Å²) in [6.45, 7) is 3.18. The molecule has 6 heteroatoms. The summed E-state index contributed by atoms with van der Waals surface area (Å²) < 4.78 is 9.32. The largest absolute Gasteiger partial charge is 0.491 e. The Kier molecular flexibility index (Phi) is 4.92. The van der Waals surface area contributed by atoms with E-state index in [-0.39, 0.29) is 6.61 Å². The highest BCUT2D eigenvalue weighted by molar-refractivity contribution is 6.30. The van der Waals surface area contributed by atoms with Crippen molar-refractivity contribution in [1.82, 2.24) is 9.13 Å². The lowest BCUT2D eigenvalue weighted by molar-refractivity contribution is 0.0921. The van der Waals surface area contributed by atoms with Crippen molar-refractivity contribution in [2.24, 2.45) is 0 Å². The van der Waals surface area contributed by atoms with Crippen LogP contribution in [-0.2, 0) is 13.1 Å². The Hall–Kier alpha value is -2.24. The number of fused-ring (bicyclic) bond motifs is 1. The third-order valence-electron chi connectivity index (χ3n) is 3.94. The summed E-state index contributed by atoms with van der Waals surface area (Å²) in [5.41, 5.74) is 2.31. The van der Waals surface area contributed by atoms with Crippen LogP contribution in [0.5, 0.6) is 5.75 Å². The summed E-state index contributed by atoms with van der Waals surface area (Å²) in [6, 6.07) is 14.9. The van der Waals surface area contributed by atoms with Crippen LogP contribution in [-0.4, -0.2) is 27.0 Å². The van der Waals surface area contributed by atoms with Crippen molar-refractivity contribution in [2.75, 3.05) is 6.61 Å². The number of aryl methyl sites for hydroxylation is 1. The van der Waals surface area contributed by atoms with Crippen molar-refractivity contribution >= 4 is 22.6 Å². The zero-order valence-electron chi connectivity index (χ0n) is 13.4. The minimum absolute atomic E-state index is 0.152.